The molecule has 12 heteroatoms. The zero-order valence-electron chi connectivity index (χ0n) is 26.2. The fourth-order valence-electron chi connectivity index (χ4n) is 5.23. The topological polar surface area (TPSA) is 117 Å². The predicted octanol–water partition coefficient (Wildman–Crippen LogP) is 7.95. The lowest BCUT2D eigenvalue weighted by Crippen LogP contribution is -2.25. The summed E-state index contributed by atoms with van der Waals surface area (Å²) in [5.41, 5.74) is 3.22. The van der Waals surface area contributed by atoms with Gasteiger partial charge in [0.05, 0.1) is 30.0 Å². The van der Waals surface area contributed by atoms with Gasteiger partial charge in [-0.25, -0.2) is 18.0 Å². The molecule has 0 unspecified atom stereocenters. The summed E-state index contributed by atoms with van der Waals surface area (Å²) in [6, 6.07) is 33.7. The van der Waals surface area contributed by atoms with Gasteiger partial charge in [0.15, 0.2) is 0 Å². The molecule has 0 aliphatic rings. The van der Waals surface area contributed by atoms with Crippen LogP contribution in [0.5, 0.6) is 0 Å². The minimum Gasteiger partial charge on any atom is -0.292 e. The van der Waals surface area contributed by atoms with E-state index in [2.05, 4.69) is 4.49 Å². The number of sulfonamides is 1. The van der Waals surface area contributed by atoms with Gasteiger partial charge in [-0.05, 0) is 46.2 Å². The number of rotatable bonds is 14. The summed E-state index contributed by atoms with van der Waals surface area (Å²) in [5.74, 6) is 0.734. The Morgan fingerprint density at radius 2 is 1.40 bits per heavy atom. The number of nitrogens with zero attached hydrogens (tertiary/aromatic N) is 2. The zero-order valence-corrected chi connectivity index (χ0v) is 28.7. The largest absolute Gasteiger partial charge is 0.419 e. The van der Waals surface area contributed by atoms with Gasteiger partial charge in [0.1, 0.15) is 10.7 Å². The normalized spacial score (nSPS) is 12.0. The highest BCUT2D eigenvalue weighted by molar-refractivity contribution is 7.94. The zero-order chi connectivity index (χ0) is 33.6. The summed E-state index contributed by atoms with van der Waals surface area (Å²) in [6.07, 6.45) is 1.52. The third kappa shape index (κ3) is 7.90. The molecule has 0 saturated heterocycles. The first-order valence-corrected chi connectivity index (χ1v) is 19.3. The maximum Gasteiger partial charge on any atom is 0.419 e. The van der Waals surface area contributed by atoms with Crippen molar-refractivity contribution in [3.05, 3.63) is 154 Å². The number of nitrogens with one attached hydrogen (secondary N) is 1. The van der Waals surface area contributed by atoms with Gasteiger partial charge in [0.25, 0.3) is 5.56 Å². The molecule has 2 aromatic heterocycles. The fraction of sp³-hybridized carbons (Fsp3) is 0.167. The number of benzene rings is 4. The minimum absolute atomic E-state index is 0.0790. The van der Waals surface area contributed by atoms with Crippen molar-refractivity contribution in [2.75, 3.05) is 0 Å². The van der Waals surface area contributed by atoms with Gasteiger partial charge in [-0.1, -0.05) is 110 Å². The summed E-state index contributed by atoms with van der Waals surface area (Å²) in [5, 5.41) is 2.47. The maximum absolute atomic E-state index is 14.0. The van der Waals surface area contributed by atoms with Crippen molar-refractivity contribution in [1.82, 2.24) is 14.0 Å². The molecule has 0 aliphatic carbocycles. The van der Waals surface area contributed by atoms with Crippen molar-refractivity contribution in [2.24, 2.45) is 0 Å². The third-order valence-corrected chi connectivity index (χ3v) is 12.2. The van der Waals surface area contributed by atoms with E-state index in [1.807, 2.05) is 73.0 Å². The average Bonchev–Trinajstić information content (AvgIpc) is 3.58. The first-order valence-electron chi connectivity index (χ1n) is 15.4. The van der Waals surface area contributed by atoms with Crippen LogP contribution in [0.1, 0.15) is 35.9 Å². The monoisotopic (exact) mass is 699 g/mol. The van der Waals surface area contributed by atoms with Crippen molar-refractivity contribution in [3.8, 4) is 11.1 Å². The van der Waals surface area contributed by atoms with Crippen molar-refractivity contribution in [3.63, 3.8) is 0 Å². The van der Waals surface area contributed by atoms with Crippen molar-refractivity contribution < 1.29 is 22.0 Å². The van der Waals surface area contributed by atoms with Gasteiger partial charge >= 0.3 is 7.75 Å². The van der Waals surface area contributed by atoms with Gasteiger partial charge in [0, 0.05) is 12.0 Å². The molecule has 0 atom stereocenters. The van der Waals surface area contributed by atoms with Crippen LogP contribution in [-0.2, 0) is 49.8 Å². The Labute approximate surface area is 283 Å². The van der Waals surface area contributed by atoms with Crippen molar-refractivity contribution >= 4 is 39.3 Å². The quantitative estimate of drug-likeness (QED) is 0.115. The van der Waals surface area contributed by atoms with E-state index in [0.717, 1.165) is 22.6 Å². The predicted molar refractivity (Wildman–Crippen MR) is 189 cm³/mol. The van der Waals surface area contributed by atoms with Gasteiger partial charge < -0.3 is 0 Å². The molecule has 0 radical (unpaired) electrons. The molecule has 0 bridgehead atoms. The summed E-state index contributed by atoms with van der Waals surface area (Å²) in [6.45, 7) is 2.12. The van der Waals surface area contributed by atoms with E-state index in [9.17, 15) is 17.8 Å². The second-order valence-corrected chi connectivity index (χ2v) is 15.7. The Balaban J connectivity index is 1.26. The molecule has 6 rings (SSSR count). The highest BCUT2D eigenvalue weighted by Crippen LogP contribution is 2.47. The minimum atomic E-state index is -4.41. The van der Waals surface area contributed by atoms with Crippen LogP contribution in [0.2, 0.25) is 0 Å². The lowest BCUT2D eigenvalue weighted by atomic mass is 10.0. The smallest absolute Gasteiger partial charge is 0.292 e. The summed E-state index contributed by atoms with van der Waals surface area (Å²) in [7, 11) is -8.81. The molecule has 0 saturated carbocycles. The molecule has 0 spiro atoms. The molecule has 4 aromatic carbocycles. The van der Waals surface area contributed by atoms with Gasteiger partial charge in [0.2, 0.25) is 10.0 Å². The number of thiophene rings is 1. The van der Waals surface area contributed by atoms with Crippen LogP contribution in [-0.4, -0.2) is 18.0 Å². The van der Waals surface area contributed by atoms with E-state index >= 15 is 0 Å². The number of hydrogen-bond donors (Lipinski definition) is 1. The first kappa shape index (κ1) is 33.7. The van der Waals surface area contributed by atoms with E-state index in [0.29, 0.717) is 40.6 Å². The van der Waals surface area contributed by atoms with Crippen molar-refractivity contribution in [1.29, 1.82) is 0 Å². The van der Waals surface area contributed by atoms with Gasteiger partial charge in [-0.3, -0.25) is 18.4 Å². The van der Waals surface area contributed by atoms with E-state index in [-0.39, 0.29) is 23.7 Å². The van der Waals surface area contributed by atoms with Crippen LogP contribution >= 0.6 is 19.1 Å². The Hall–Kier alpha value is -4.22. The maximum atomic E-state index is 14.0. The summed E-state index contributed by atoms with van der Waals surface area (Å²) >= 11 is 1.45. The van der Waals surface area contributed by atoms with Crippen LogP contribution < -0.4 is 10.1 Å². The van der Waals surface area contributed by atoms with E-state index in [1.165, 1.54) is 17.4 Å². The Bertz CT molecular complexity index is 2170. The molecule has 48 heavy (non-hydrogen) atoms. The number of aromatic nitrogens is 2. The molecule has 6 aromatic rings. The molecule has 0 fully saturated rings. The Morgan fingerprint density at radius 3 is 2.02 bits per heavy atom. The third-order valence-electron chi connectivity index (χ3n) is 7.64. The number of aryl methyl sites for hydroxylation is 1. The average molecular weight is 700 g/mol. The second-order valence-electron chi connectivity index (χ2n) is 11.1. The van der Waals surface area contributed by atoms with Crippen LogP contribution in [0.15, 0.2) is 130 Å². The first-order chi connectivity index (χ1) is 23.2. The van der Waals surface area contributed by atoms with Crippen LogP contribution in [0.25, 0.3) is 21.3 Å². The molecule has 1 N–H and O–H groups in total. The standard InChI is InChI=1S/C36H34N3O6PS2/c1-2-11-34-37-35-32(22-23-47-35)36(40)39(34)24-27-18-20-30(21-19-27)31-16-9-10-17-33(31)48(42,43)38-46(41,44-25-28-12-5-3-6-13-28)45-26-29-14-7-4-8-15-29/h3-10,12-23H,2,11,24-26H2,1H3,(H,38,41). The molecule has 246 valence electrons. The number of hydrogen-bond acceptors (Lipinski definition) is 8. The lowest BCUT2D eigenvalue weighted by molar-refractivity contribution is 0.188. The molecule has 9 nitrogen and oxygen atoms in total. The van der Waals surface area contributed by atoms with E-state index in [4.69, 9.17) is 14.0 Å². The van der Waals surface area contributed by atoms with Crippen LogP contribution in [0, 0.1) is 0 Å². The fourth-order valence-corrected chi connectivity index (χ4v) is 9.45. The summed E-state index contributed by atoms with van der Waals surface area (Å²) in [4.78, 5) is 18.7. The second kappa shape index (κ2) is 14.9. The van der Waals surface area contributed by atoms with E-state index < -0.39 is 17.8 Å². The lowest BCUT2D eigenvalue weighted by Gasteiger charge is -2.20. The SMILES string of the molecule is CCCc1nc2sccc2c(=O)n1Cc1ccc(-c2ccccc2S(=O)(=O)NP(=O)(OCc2ccccc2)OCc2ccccc2)cc1. The molecule has 2 heterocycles. The highest BCUT2D eigenvalue weighted by atomic mass is 32.2. The van der Waals surface area contributed by atoms with Crippen LogP contribution in [0.3, 0.4) is 0 Å². The Morgan fingerprint density at radius 1 is 0.792 bits per heavy atom. The van der Waals surface area contributed by atoms with Gasteiger partial charge in [-0.2, -0.15) is 0 Å². The number of fused-ring (bicyclic) bond motifs is 1. The Kier molecular flexibility index (Phi) is 10.5. The van der Waals surface area contributed by atoms with Crippen molar-refractivity contribution in [2.45, 2.75) is 44.4 Å². The molecule has 0 aliphatic heterocycles. The van der Waals surface area contributed by atoms with E-state index in [1.54, 1.807) is 53.1 Å². The molecular formula is C36H34N3O6PS2. The molecular weight excluding hydrogens is 666 g/mol. The van der Waals surface area contributed by atoms with Crippen LogP contribution in [0.4, 0.5) is 0 Å². The highest BCUT2D eigenvalue weighted by Gasteiger charge is 2.34. The molecule has 0 amide bonds. The van der Waals surface area contributed by atoms with Gasteiger partial charge in [-0.15, -0.1) is 15.8 Å². The summed E-state index contributed by atoms with van der Waals surface area (Å²) < 4.78 is 57.2.